The first kappa shape index (κ1) is 16.3. The molecular weight excluding hydrogens is 331 g/mol. The van der Waals surface area contributed by atoms with E-state index in [1.165, 1.54) is 12.1 Å². The average molecular weight is 348 g/mol. The van der Waals surface area contributed by atoms with E-state index < -0.39 is 0 Å². The molecule has 2 aromatic carbocycles. The topological polar surface area (TPSA) is 55.1 Å². The minimum atomic E-state index is -0.347. The van der Waals surface area contributed by atoms with Crippen LogP contribution in [0.1, 0.15) is 34.8 Å². The molecule has 0 aliphatic heterocycles. The first-order valence-corrected chi connectivity index (χ1v) is 8.37. The van der Waals surface area contributed by atoms with Crippen molar-refractivity contribution in [3.05, 3.63) is 77.4 Å². The standard InChI is InChI=1S/C21H17FN2O2/c1-12-17(9-14-7-8-16(22)11-18(14)23-12)21(25)24-13(2)20-10-15-5-3-4-6-19(15)26-20/h3-11,13H,1-2H3,(H,24,25)/t13-/m0/s1. The fourth-order valence-corrected chi connectivity index (χ4v) is 3.03. The monoisotopic (exact) mass is 348 g/mol. The van der Waals surface area contributed by atoms with Crippen molar-refractivity contribution in [3.8, 4) is 0 Å². The number of nitrogens with zero attached hydrogens (tertiary/aromatic N) is 1. The maximum absolute atomic E-state index is 13.3. The summed E-state index contributed by atoms with van der Waals surface area (Å²) in [7, 11) is 0. The second-order valence-electron chi connectivity index (χ2n) is 6.34. The van der Waals surface area contributed by atoms with Gasteiger partial charge >= 0.3 is 0 Å². The Morgan fingerprint density at radius 3 is 2.73 bits per heavy atom. The van der Waals surface area contributed by atoms with Gasteiger partial charge in [0.05, 0.1) is 22.8 Å². The molecule has 1 amide bonds. The van der Waals surface area contributed by atoms with E-state index in [1.54, 1.807) is 19.1 Å². The molecule has 4 aromatic rings. The molecule has 0 saturated heterocycles. The molecule has 2 aromatic heterocycles. The highest BCUT2D eigenvalue weighted by atomic mass is 19.1. The number of rotatable bonds is 3. The zero-order chi connectivity index (χ0) is 18.3. The van der Waals surface area contributed by atoms with Gasteiger partial charge in [-0.3, -0.25) is 9.78 Å². The summed E-state index contributed by atoms with van der Waals surface area (Å²) in [5.41, 5.74) is 2.34. The van der Waals surface area contributed by atoms with Gasteiger partial charge in [-0.15, -0.1) is 0 Å². The fraction of sp³-hybridized carbons (Fsp3) is 0.143. The average Bonchev–Trinajstić information content (AvgIpc) is 3.05. The van der Waals surface area contributed by atoms with E-state index in [4.69, 9.17) is 4.42 Å². The van der Waals surface area contributed by atoms with E-state index in [-0.39, 0.29) is 17.8 Å². The molecule has 26 heavy (non-hydrogen) atoms. The van der Waals surface area contributed by atoms with Crippen LogP contribution < -0.4 is 5.32 Å². The van der Waals surface area contributed by atoms with Gasteiger partial charge in [-0.2, -0.15) is 0 Å². The van der Waals surface area contributed by atoms with Crippen molar-refractivity contribution in [2.24, 2.45) is 0 Å². The highest BCUT2D eigenvalue weighted by Crippen LogP contribution is 2.24. The van der Waals surface area contributed by atoms with Crippen molar-refractivity contribution in [3.63, 3.8) is 0 Å². The molecule has 0 aliphatic rings. The highest BCUT2D eigenvalue weighted by molar-refractivity contribution is 5.98. The predicted octanol–water partition coefficient (Wildman–Crippen LogP) is 4.92. The smallest absolute Gasteiger partial charge is 0.253 e. The molecule has 0 unspecified atom stereocenters. The molecule has 0 aliphatic carbocycles. The lowest BCUT2D eigenvalue weighted by atomic mass is 10.1. The molecular formula is C21H17FN2O2. The van der Waals surface area contributed by atoms with E-state index in [0.29, 0.717) is 22.5 Å². The van der Waals surface area contributed by atoms with E-state index in [1.807, 2.05) is 37.3 Å². The summed E-state index contributed by atoms with van der Waals surface area (Å²) in [4.78, 5) is 17.1. The van der Waals surface area contributed by atoms with E-state index in [9.17, 15) is 9.18 Å². The molecule has 0 radical (unpaired) electrons. The van der Waals surface area contributed by atoms with Crippen LogP contribution >= 0.6 is 0 Å². The van der Waals surface area contributed by atoms with Crippen molar-refractivity contribution < 1.29 is 13.6 Å². The molecule has 0 fully saturated rings. The summed E-state index contributed by atoms with van der Waals surface area (Å²) in [6.07, 6.45) is 0. The minimum absolute atomic E-state index is 0.241. The number of pyridine rings is 1. The molecule has 5 heteroatoms. The quantitative estimate of drug-likeness (QED) is 0.572. The Morgan fingerprint density at radius 2 is 1.92 bits per heavy atom. The van der Waals surface area contributed by atoms with Gasteiger partial charge in [0.2, 0.25) is 0 Å². The number of para-hydroxylation sites is 1. The van der Waals surface area contributed by atoms with Crippen molar-refractivity contribution in [1.29, 1.82) is 0 Å². The van der Waals surface area contributed by atoms with Crippen LogP contribution in [0.25, 0.3) is 21.9 Å². The van der Waals surface area contributed by atoms with Gasteiger partial charge in [0.15, 0.2) is 0 Å². The number of halogens is 1. The fourth-order valence-electron chi connectivity index (χ4n) is 3.03. The number of hydrogen-bond donors (Lipinski definition) is 1. The third kappa shape index (κ3) is 2.92. The van der Waals surface area contributed by atoms with Gasteiger partial charge in [-0.1, -0.05) is 18.2 Å². The van der Waals surface area contributed by atoms with Crippen LogP contribution in [-0.2, 0) is 0 Å². The first-order chi connectivity index (χ1) is 12.5. The number of fused-ring (bicyclic) bond motifs is 2. The molecule has 1 atom stereocenters. The van der Waals surface area contributed by atoms with Crippen LogP contribution in [0.15, 0.2) is 59.0 Å². The van der Waals surface area contributed by atoms with Crippen LogP contribution in [0.5, 0.6) is 0 Å². The van der Waals surface area contributed by atoms with E-state index in [2.05, 4.69) is 10.3 Å². The summed E-state index contributed by atoms with van der Waals surface area (Å²) in [5, 5.41) is 4.66. The highest BCUT2D eigenvalue weighted by Gasteiger charge is 2.18. The molecule has 0 spiro atoms. The second-order valence-corrected chi connectivity index (χ2v) is 6.34. The maximum Gasteiger partial charge on any atom is 0.253 e. The zero-order valence-corrected chi connectivity index (χ0v) is 14.4. The van der Waals surface area contributed by atoms with Crippen LogP contribution in [0, 0.1) is 12.7 Å². The number of aryl methyl sites for hydroxylation is 1. The number of benzene rings is 2. The minimum Gasteiger partial charge on any atom is -0.459 e. The summed E-state index contributed by atoms with van der Waals surface area (Å²) >= 11 is 0. The largest absolute Gasteiger partial charge is 0.459 e. The molecule has 4 rings (SSSR count). The van der Waals surface area contributed by atoms with Gasteiger partial charge < -0.3 is 9.73 Å². The van der Waals surface area contributed by atoms with Gasteiger partial charge in [0.1, 0.15) is 17.2 Å². The summed E-state index contributed by atoms with van der Waals surface area (Å²) in [6.45, 7) is 3.61. The van der Waals surface area contributed by atoms with Crippen molar-refractivity contribution in [2.45, 2.75) is 19.9 Å². The Bertz CT molecular complexity index is 1100. The Hall–Kier alpha value is -3.21. The predicted molar refractivity (Wildman–Crippen MR) is 98.5 cm³/mol. The number of hydrogen-bond acceptors (Lipinski definition) is 3. The lowest BCUT2D eigenvalue weighted by Gasteiger charge is -2.13. The van der Waals surface area contributed by atoms with Crippen molar-refractivity contribution in [2.75, 3.05) is 0 Å². The molecule has 2 heterocycles. The van der Waals surface area contributed by atoms with Crippen LogP contribution in [0.4, 0.5) is 4.39 Å². The number of aromatic nitrogens is 1. The molecule has 4 nitrogen and oxygen atoms in total. The Kier molecular flexibility index (Phi) is 3.92. The number of carbonyl (C=O) groups excluding carboxylic acids is 1. The van der Waals surface area contributed by atoms with Crippen LogP contribution in [-0.4, -0.2) is 10.9 Å². The van der Waals surface area contributed by atoms with Gasteiger partial charge in [0, 0.05) is 16.8 Å². The molecule has 130 valence electrons. The van der Waals surface area contributed by atoms with E-state index in [0.717, 1.165) is 16.4 Å². The zero-order valence-electron chi connectivity index (χ0n) is 14.4. The van der Waals surface area contributed by atoms with Crippen molar-refractivity contribution >= 4 is 27.8 Å². The Balaban J connectivity index is 1.62. The summed E-state index contributed by atoms with van der Waals surface area (Å²) in [6, 6.07) is 15.4. The number of furan rings is 1. The second kappa shape index (κ2) is 6.26. The lowest BCUT2D eigenvalue weighted by Crippen LogP contribution is -2.27. The normalized spacial score (nSPS) is 12.4. The van der Waals surface area contributed by atoms with E-state index >= 15 is 0 Å². The molecule has 1 N–H and O–H groups in total. The number of amides is 1. The third-order valence-electron chi connectivity index (χ3n) is 4.43. The van der Waals surface area contributed by atoms with Gasteiger partial charge in [0.25, 0.3) is 5.91 Å². The third-order valence-corrected chi connectivity index (χ3v) is 4.43. The number of nitrogens with one attached hydrogen (secondary N) is 1. The van der Waals surface area contributed by atoms with Crippen LogP contribution in [0.3, 0.4) is 0 Å². The molecule has 0 bridgehead atoms. The van der Waals surface area contributed by atoms with Crippen LogP contribution in [0.2, 0.25) is 0 Å². The van der Waals surface area contributed by atoms with Crippen molar-refractivity contribution in [1.82, 2.24) is 10.3 Å². The SMILES string of the molecule is Cc1nc2cc(F)ccc2cc1C(=O)N[C@@H](C)c1cc2ccccc2o1. The lowest BCUT2D eigenvalue weighted by molar-refractivity contribution is 0.0935. The maximum atomic E-state index is 13.3. The number of carbonyl (C=O) groups is 1. The van der Waals surface area contributed by atoms with Gasteiger partial charge in [-0.25, -0.2) is 4.39 Å². The summed E-state index contributed by atoms with van der Waals surface area (Å²) < 4.78 is 19.2. The van der Waals surface area contributed by atoms with Gasteiger partial charge in [-0.05, 0) is 44.2 Å². The summed E-state index contributed by atoms with van der Waals surface area (Å²) in [5.74, 6) is 0.0994. The Morgan fingerprint density at radius 1 is 1.12 bits per heavy atom. The molecule has 0 saturated carbocycles. The Labute approximate surface area is 149 Å². The first-order valence-electron chi connectivity index (χ1n) is 8.37.